The molecule has 0 saturated heterocycles. The number of benzene rings is 2. The van der Waals surface area contributed by atoms with Crippen molar-refractivity contribution in [3.8, 4) is 0 Å². The van der Waals surface area contributed by atoms with E-state index in [-0.39, 0.29) is 0 Å². The normalized spacial score (nSPS) is 13.0. The Labute approximate surface area is 174 Å². The first-order chi connectivity index (χ1) is 14.2. The maximum absolute atomic E-state index is 4.70. The fourth-order valence-corrected chi connectivity index (χ4v) is 4.80. The lowest BCUT2D eigenvalue weighted by molar-refractivity contribution is 0.943. The summed E-state index contributed by atoms with van der Waals surface area (Å²) in [6, 6.07) is 15.1. The highest BCUT2D eigenvalue weighted by atomic mass is 32.2. The first kappa shape index (κ1) is 18.2. The van der Waals surface area contributed by atoms with Crippen molar-refractivity contribution in [2.45, 2.75) is 31.1 Å². The quantitative estimate of drug-likeness (QED) is 0.496. The van der Waals surface area contributed by atoms with Gasteiger partial charge in [0.2, 0.25) is 0 Å². The van der Waals surface area contributed by atoms with E-state index in [0.29, 0.717) is 0 Å². The van der Waals surface area contributed by atoms with Crippen LogP contribution in [-0.2, 0) is 19.3 Å². The van der Waals surface area contributed by atoms with Crippen LogP contribution >= 0.6 is 11.8 Å². The number of H-pyrrole nitrogens is 1. The van der Waals surface area contributed by atoms with Crippen molar-refractivity contribution in [1.82, 2.24) is 19.9 Å². The Morgan fingerprint density at radius 1 is 1.07 bits per heavy atom. The summed E-state index contributed by atoms with van der Waals surface area (Å²) >= 11 is 1.85. The molecule has 2 aromatic carbocycles. The van der Waals surface area contributed by atoms with E-state index in [0.717, 1.165) is 54.2 Å². The molecule has 1 aliphatic rings. The zero-order chi connectivity index (χ0) is 19.6. The second-order valence-corrected chi connectivity index (χ2v) is 8.58. The molecule has 0 amide bonds. The molecule has 0 unspecified atom stereocenters. The minimum Gasteiger partial charge on any atom is -0.369 e. The van der Waals surface area contributed by atoms with Gasteiger partial charge in [-0.1, -0.05) is 30.3 Å². The van der Waals surface area contributed by atoms with Gasteiger partial charge < -0.3 is 10.3 Å². The Hall–Kier alpha value is -2.86. The molecule has 4 aromatic rings. The van der Waals surface area contributed by atoms with Crippen molar-refractivity contribution in [1.29, 1.82) is 0 Å². The third-order valence-electron chi connectivity index (χ3n) is 5.25. The minimum absolute atomic E-state index is 0.816. The van der Waals surface area contributed by atoms with Gasteiger partial charge in [0.05, 0.1) is 21.6 Å². The summed E-state index contributed by atoms with van der Waals surface area (Å²) < 4.78 is 0. The van der Waals surface area contributed by atoms with Gasteiger partial charge in [-0.2, -0.15) is 0 Å². The van der Waals surface area contributed by atoms with E-state index >= 15 is 0 Å². The maximum Gasteiger partial charge on any atom is 0.143 e. The van der Waals surface area contributed by atoms with E-state index in [1.165, 1.54) is 27.3 Å². The number of nitrogens with one attached hydrogen (secondary N) is 2. The number of anilines is 1. The standard InChI is InChI=1S/C23H23N5S/c1-15-2-7-18-20(12-15)28-21(27-18)13-17-5-3-16(4-6-17)8-10-24-23-22-19(9-11-29-22)25-14-26-23/h2-7,12,14H,8-11,13H2,1H3,(H,27,28)(H,24,25,26). The van der Waals surface area contributed by atoms with Crippen molar-refractivity contribution >= 4 is 28.6 Å². The molecule has 0 fully saturated rings. The smallest absolute Gasteiger partial charge is 0.143 e. The molecular weight excluding hydrogens is 378 g/mol. The lowest BCUT2D eigenvalue weighted by Crippen LogP contribution is -2.08. The number of aromatic amines is 1. The zero-order valence-corrected chi connectivity index (χ0v) is 17.2. The zero-order valence-electron chi connectivity index (χ0n) is 16.4. The van der Waals surface area contributed by atoms with Crippen LogP contribution in [0.5, 0.6) is 0 Å². The molecule has 5 nitrogen and oxygen atoms in total. The predicted molar refractivity (Wildman–Crippen MR) is 119 cm³/mol. The summed E-state index contributed by atoms with van der Waals surface area (Å²) in [7, 11) is 0. The molecule has 2 aromatic heterocycles. The number of aryl methyl sites for hydroxylation is 2. The van der Waals surface area contributed by atoms with Crippen LogP contribution in [0.15, 0.2) is 53.7 Å². The summed E-state index contributed by atoms with van der Waals surface area (Å²) in [5.74, 6) is 3.10. The molecular formula is C23H23N5S. The van der Waals surface area contributed by atoms with Gasteiger partial charge in [-0.05, 0) is 42.2 Å². The van der Waals surface area contributed by atoms with Gasteiger partial charge >= 0.3 is 0 Å². The maximum atomic E-state index is 4.70. The monoisotopic (exact) mass is 401 g/mol. The van der Waals surface area contributed by atoms with Gasteiger partial charge in [-0.3, -0.25) is 0 Å². The van der Waals surface area contributed by atoms with E-state index < -0.39 is 0 Å². The fraction of sp³-hybridized carbons (Fsp3) is 0.261. The summed E-state index contributed by atoms with van der Waals surface area (Å²) in [6.45, 7) is 2.97. The van der Waals surface area contributed by atoms with Crippen molar-refractivity contribution < 1.29 is 0 Å². The second-order valence-electron chi connectivity index (χ2n) is 7.47. The number of hydrogen-bond acceptors (Lipinski definition) is 5. The number of thioether (sulfide) groups is 1. The highest BCUT2D eigenvalue weighted by Gasteiger charge is 2.17. The van der Waals surface area contributed by atoms with Gasteiger partial charge in [0.1, 0.15) is 18.0 Å². The van der Waals surface area contributed by atoms with Crippen LogP contribution in [-0.4, -0.2) is 32.2 Å². The Kier molecular flexibility index (Phi) is 4.94. The first-order valence-corrected chi connectivity index (χ1v) is 11.0. The van der Waals surface area contributed by atoms with Crippen molar-refractivity contribution in [3.05, 3.63) is 77.0 Å². The third-order valence-corrected chi connectivity index (χ3v) is 6.38. The number of hydrogen-bond donors (Lipinski definition) is 2. The number of imidazole rings is 1. The van der Waals surface area contributed by atoms with Crippen molar-refractivity contribution in [3.63, 3.8) is 0 Å². The molecule has 0 saturated carbocycles. The Bertz CT molecular complexity index is 1150. The van der Waals surface area contributed by atoms with Crippen LogP contribution in [0.25, 0.3) is 11.0 Å². The van der Waals surface area contributed by atoms with Crippen LogP contribution < -0.4 is 5.32 Å². The number of rotatable bonds is 6. The number of fused-ring (bicyclic) bond motifs is 2. The van der Waals surface area contributed by atoms with Crippen LogP contribution in [0.4, 0.5) is 5.82 Å². The molecule has 29 heavy (non-hydrogen) atoms. The van der Waals surface area contributed by atoms with Crippen LogP contribution in [0.3, 0.4) is 0 Å². The second kappa shape index (κ2) is 7.87. The average Bonchev–Trinajstić information content (AvgIpc) is 3.36. The predicted octanol–water partition coefficient (Wildman–Crippen LogP) is 4.55. The Morgan fingerprint density at radius 2 is 1.93 bits per heavy atom. The molecule has 6 heteroatoms. The SMILES string of the molecule is Cc1ccc2nc(Cc3ccc(CCNc4ncnc5c4SCC5)cc3)[nH]c2c1. The highest BCUT2D eigenvalue weighted by molar-refractivity contribution is 7.99. The fourth-order valence-electron chi connectivity index (χ4n) is 3.72. The Balaban J connectivity index is 1.19. The molecule has 0 bridgehead atoms. The average molecular weight is 402 g/mol. The van der Waals surface area contributed by atoms with Crippen molar-refractivity contribution in [2.75, 3.05) is 17.6 Å². The minimum atomic E-state index is 0.816. The molecule has 2 N–H and O–H groups in total. The molecule has 0 aliphatic carbocycles. The van der Waals surface area contributed by atoms with Crippen LogP contribution in [0.2, 0.25) is 0 Å². The molecule has 146 valence electrons. The van der Waals surface area contributed by atoms with Gasteiger partial charge in [-0.15, -0.1) is 11.8 Å². The van der Waals surface area contributed by atoms with Crippen LogP contribution in [0.1, 0.15) is 28.2 Å². The summed E-state index contributed by atoms with van der Waals surface area (Å²) in [6.07, 6.45) is 4.49. The molecule has 0 spiro atoms. The molecule has 0 radical (unpaired) electrons. The molecule has 0 atom stereocenters. The van der Waals surface area contributed by atoms with E-state index in [2.05, 4.69) is 69.7 Å². The van der Waals surface area contributed by atoms with Crippen LogP contribution in [0, 0.1) is 6.92 Å². The molecule has 1 aliphatic heterocycles. The number of nitrogens with zero attached hydrogens (tertiary/aromatic N) is 3. The molecule has 5 rings (SSSR count). The summed E-state index contributed by atoms with van der Waals surface area (Å²) in [4.78, 5) is 18.1. The van der Waals surface area contributed by atoms with E-state index in [1.807, 2.05) is 11.8 Å². The highest BCUT2D eigenvalue weighted by Crippen LogP contribution is 2.34. The van der Waals surface area contributed by atoms with Gasteiger partial charge in [0.15, 0.2) is 0 Å². The van der Waals surface area contributed by atoms with Crippen molar-refractivity contribution in [2.24, 2.45) is 0 Å². The lowest BCUT2D eigenvalue weighted by atomic mass is 10.1. The third kappa shape index (κ3) is 3.98. The number of aromatic nitrogens is 4. The van der Waals surface area contributed by atoms with E-state index in [1.54, 1.807) is 6.33 Å². The van der Waals surface area contributed by atoms with Gasteiger partial charge in [0.25, 0.3) is 0 Å². The first-order valence-electron chi connectivity index (χ1n) is 9.98. The largest absolute Gasteiger partial charge is 0.369 e. The van der Waals surface area contributed by atoms with Gasteiger partial charge in [-0.25, -0.2) is 15.0 Å². The van der Waals surface area contributed by atoms with E-state index in [9.17, 15) is 0 Å². The topological polar surface area (TPSA) is 66.5 Å². The van der Waals surface area contributed by atoms with Gasteiger partial charge in [0, 0.05) is 25.1 Å². The summed E-state index contributed by atoms with van der Waals surface area (Å²) in [5.41, 5.74) is 7.15. The lowest BCUT2D eigenvalue weighted by Gasteiger charge is -2.09. The molecule has 3 heterocycles. The Morgan fingerprint density at radius 3 is 2.83 bits per heavy atom. The summed E-state index contributed by atoms with van der Waals surface area (Å²) in [5, 5.41) is 3.48. The van der Waals surface area contributed by atoms with E-state index in [4.69, 9.17) is 4.98 Å².